The zero-order valence-corrected chi connectivity index (χ0v) is 8.97. The third-order valence-corrected chi connectivity index (χ3v) is 2.11. The molecule has 16 heavy (non-hydrogen) atoms. The topological polar surface area (TPSA) is 37.3 Å². The Kier molecular flexibility index (Phi) is 4.43. The van der Waals surface area contributed by atoms with Crippen LogP contribution in [0.3, 0.4) is 0 Å². The first-order valence-corrected chi connectivity index (χ1v) is 5.04. The van der Waals surface area contributed by atoms with Crippen molar-refractivity contribution < 1.29 is 18.7 Å². The average molecular weight is 247 g/mol. The van der Waals surface area contributed by atoms with Crippen LogP contribution in [0, 0.1) is 11.6 Å². The van der Waals surface area contributed by atoms with E-state index in [0.29, 0.717) is 18.4 Å². The van der Waals surface area contributed by atoms with E-state index in [1.165, 1.54) is 6.08 Å². The highest BCUT2D eigenvalue weighted by molar-refractivity contribution is 6.17. The largest absolute Gasteiger partial charge is 0.478 e. The average Bonchev–Trinajstić information content (AvgIpc) is 2.22. The Morgan fingerprint density at radius 3 is 2.62 bits per heavy atom. The van der Waals surface area contributed by atoms with Crippen molar-refractivity contribution in [3.05, 3.63) is 41.0 Å². The van der Waals surface area contributed by atoms with Gasteiger partial charge in [-0.3, -0.25) is 0 Å². The SMILES string of the molecule is O=C(O)c1cc(F)c(C=CCCCl)cc1F. The Morgan fingerprint density at radius 2 is 2.06 bits per heavy atom. The van der Waals surface area contributed by atoms with Crippen molar-refractivity contribution in [2.24, 2.45) is 0 Å². The van der Waals surface area contributed by atoms with Gasteiger partial charge < -0.3 is 5.11 Å². The highest BCUT2D eigenvalue weighted by Gasteiger charge is 2.13. The maximum absolute atomic E-state index is 13.3. The maximum atomic E-state index is 13.3. The van der Waals surface area contributed by atoms with Crippen LogP contribution >= 0.6 is 11.6 Å². The molecular formula is C11H9ClF2O2. The molecule has 0 aliphatic rings. The Hall–Kier alpha value is -1.42. The Bertz CT molecular complexity index is 430. The molecule has 0 aliphatic heterocycles. The number of hydrogen-bond acceptors (Lipinski definition) is 1. The second-order valence-corrected chi connectivity index (χ2v) is 3.42. The zero-order valence-electron chi connectivity index (χ0n) is 8.21. The van der Waals surface area contributed by atoms with Crippen molar-refractivity contribution in [1.29, 1.82) is 0 Å². The van der Waals surface area contributed by atoms with Gasteiger partial charge in [0.2, 0.25) is 0 Å². The lowest BCUT2D eigenvalue weighted by atomic mass is 10.1. The molecule has 1 rings (SSSR count). The van der Waals surface area contributed by atoms with Gasteiger partial charge in [-0.25, -0.2) is 13.6 Å². The van der Waals surface area contributed by atoms with E-state index in [0.717, 1.165) is 6.07 Å². The van der Waals surface area contributed by atoms with Gasteiger partial charge in [0.25, 0.3) is 0 Å². The molecule has 0 unspecified atom stereocenters. The molecule has 0 aromatic heterocycles. The van der Waals surface area contributed by atoms with Crippen LogP contribution in [0.1, 0.15) is 22.3 Å². The zero-order chi connectivity index (χ0) is 12.1. The molecule has 1 N–H and O–H groups in total. The van der Waals surface area contributed by atoms with Crippen molar-refractivity contribution in [2.45, 2.75) is 6.42 Å². The van der Waals surface area contributed by atoms with Crippen molar-refractivity contribution in [3.63, 3.8) is 0 Å². The van der Waals surface area contributed by atoms with Crippen LogP contribution in [0.15, 0.2) is 18.2 Å². The fraction of sp³-hybridized carbons (Fsp3) is 0.182. The number of carboxylic acid groups (broad SMARTS) is 1. The molecule has 0 aliphatic carbocycles. The summed E-state index contributed by atoms with van der Waals surface area (Å²) in [5.74, 6) is -2.84. The Labute approximate surface area is 96.2 Å². The lowest BCUT2D eigenvalue weighted by molar-refractivity contribution is 0.0691. The number of allylic oxidation sites excluding steroid dienone is 1. The minimum absolute atomic E-state index is 0.00705. The number of hydrogen-bond donors (Lipinski definition) is 1. The fourth-order valence-electron chi connectivity index (χ4n) is 1.13. The van der Waals surface area contributed by atoms with Gasteiger partial charge in [0.15, 0.2) is 0 Å². The van der Waals surface area contributed by atoms with Crippen LogP contribution in [0.2, 0.25) is 0 Å². The summed E-state index contributed by atoms with van der Waals surface area (Å²) in [6, 6.07) is 1.52. The summed E-state index contributed by atoms with van der Waals surface area (Å²) >= 11 is 5.41. The molecule has 0 saturated carbocycles. The molecule has 0 spiro atoms. The highest BCUT2D eigenvalue weighted by Crippen LogP contribution is 2.16. The van der Waals surface area contributed by atoms with Gasteiger partial charge in [0.05, 0.1) is 5.56 Å². The molecule has 1 aromatic carbocycles. The van der Waals surface area contributed by atoms with Gasteiger partial charge >= 0.3 is 5.97 Å². The van der Waals surface area contributed by atoms with E-state index in [2.05, 4.69) is 0 Å². The van der Waals surface area contributed by atoms with Gasteiger partial charge in [0, 0.05) is 11.4 Å². The van der Waals surface area contributed by atoms with Crippen LogP contribution in [0.25, 0.3) is 6.08 Å². The molecule has 5 heteroatoms. The molecule has 0 fully saturated rings. The fourth-order valence-corrected chi connectivity index (χ4v) is 1.25. The molecule has 86 valence electrons. The number of halogens is 3. The predicted molar refractivity (Wildman–Crippen MR) is 57.7 cm³/mol. The lowest BCUT2D eigenvalue weighted by Crippen LogP contribution is -2.02. The maximum Gasteiger partial charge on any atom is 0.338 e. The standard InChI is InChI=1S/C11H9ClF2O2/c12-4-2-1-3-7-5-10(14)8(11(15)16)6-9(7)13/h1,3,5-6H,2,4H2,(H,15,16). The first-order chi connectivity index (χ1) is 7.56. The summed E-state index contributed by atoms with van der Waals surface area (Å²) in [7, 11) is 0. The van der Waals surface area contributed by atoms with Gasteiger partial charge in [-0.1, -0.05) is 12.2 Å². The number of carbonyl (C=O) groups is 1. The quantitative estimate of drug-likeness (QED) is 0.828. The number of carboxylic acids is 1. The predicted octanol–water partition coefficient (Wildman–Crippen LogP) is 3.31. The van der Waals surface area contributed by atoms with E-state index in [9.17, 15) is 13.6 Å². The highest BCUT2D eigenvalue weighted by atomic mass is 35.5. The van der Waals surface area contributed by atoms with Crippen LogP contribution in [-0.4, -0.2) is 17.0 Å². The number of benzene rings is 1. The summed E-state index contributed by atoms with van der Waals surface area (Å²) in [6.07, 6.45) is 3.49. The van der Waals surface area contributed by atoms with E-state index in [1.54, 1.807) is 6.08 Å². The van der Waals surface area contributed by atoms with Crippen LogP contribution in [0.5, 0.6) is 0 Å². The molecule has 2 nitrogen and oxygen atoms in total. The normalized spacial score (nSPS) is 10.9. The Balaban J connectivity index is 3.05. The van der Waals surface area contributed by atoms with E-state index >= 15 is 0 Å². The van der Waals surface area contributed by atoms with E-state index in [4.69, 9.17) is 16.7 Å². The molecule has 0 heterocycles. The first kappa shape index (κ1) is 12.6. The number of rotatable bonds is 4. The Morgan fingerprint density at radius 1 is 1.38 bits per heavy atom. The molecule has 0 bridgehead atoms. The molecule has 0 radical (unpaired) electrons. The van der Waals surface area contributed by atoms with Crippen LogP contribution in [0.4, 0.5) is 8.78 Å². The summed E-state index contributed by atoms with van der Waals surface area (Å²) in [5, 5.41) is 8.55. The minimum Gasteiger partial charge on any atom is -0.478 e. The lowest BCUT2D eigenvalue weighted by Gasteiger charge is -2.01. The van der Waals surface area contributed by atoms with Gasteiger partial charge in [-0.05, 0) is 18.6 Å². The van der Waals surface area contributed by atoms with Crippen LogP contribution in [-0.2, 0) is 0 Å². The third-order valence-electron chi connectivity index (χ3n) is 1.89. The van der Waals surface area contributed by atoms with Crippen molar-refractivity contribution >= 4 is 23.6 Å². The van der Waals surface area contributed by atoms with Crippen molar-refractivity contribution in [1.82, 2.24) is 0 Å². The van der Waals surface area contributed by atoms with E-state index in [-0.39, 0.29) is 5.56 Å². The molecule has 0 amide bonds. The molecule has 1 aromatic rings. The summed E-state index contributed by atoms with van der Waals surface area (Å²) in [4.78, 5) is 10.5. The monoisotopic (exact) mass is 246 g/mol. The van der Waals surface area contributed by atoms with E-state index in [1.807, 2.05) is 0 Å². The molecule has 0 saturated heterocycles. The number of alkyl halides is 1. The second-order valence-electron chi connectivity index (χ2n) is 3.04. The molecular weight excluding hydrogens is 238 g/mol. The molecule has 0 atom stereocenters. The third kappa shape index (κ3) is 3.03. The van der Waals surface area contributed by atoms with Gasteiger partial charge in [0.1, 0.15) is 11.6 Å². The van der Waals surface area contributed by atoms with Gasteiger partial charge in [-0.2, -0.15) is 0 Å². The summed E-state index contributed by atoms with van der Waals surface area (Å²) in [6.45, 7) is 0. The summed E-state index contributed by atoms with van der Waals surface area (Å²) in [5.41, 5.74) is -0.667. The first-order valence-electron chi connectivity index (χ1n) is 4.51. The van der Waals surface area contributed by atoms with Crippen molar-refractivity contribution in [2.75, 3.05) is 5.88 Å². The van der Waals surface area contributed by atoms with Gasteiger partial charge in [-0.15, -0.1) is 11.6 Å². The van der Waals surface area contributed by atoms with Crippen molar-refractivity contribution in [3.8, 4) is 0 Å². The van der Waals surface area contributed by atoms with Crippen LogP contribution < -0.4 is 0 Å². The smallest absolute Gasteiger partial charge is 0.338 e. The minimum atomic E-state index is -1.49. The number of aromatic carboxylic acids is 1. The van der Waals surface area contributed by atoms with E-state index < -0.39 is 23.2 Å². The second kappa shape index (κ2) is 5.61. The summed E-state index contributed by atoms with van der Waals surface area (Å²) < 4.78 is 26.5.